The molecule has 0 bridgehead atoms. The maximum atomic E-state index is 12.5. The molecule has 0 radical (unpaired) electrons. The molecule has 1 aromatic carbocycles. The number of terminal acetylenes is 2. The van der Waals surface area contributed by atoms with Crippen LogP contribution in [0.15, 0.2) is 30.3 Å². The van der Waals surface area contributed by atoms with Crippen molar-refractivity contribution >= 4 is 5.78 Å². The topological polar surface area (TPSA) is 37.3 Å². The lowest BCUT2D eigenvalue weighted by Gasteiger charge is -2.41. The van der Waals surface area contributed by atoms with Crippen LogP contribution in [0, 0.1) is 30.1 Å². The molecule has 2 atom stereocenters. The van der Waals surface area contributed by atoms with E-state index in [9.17, 15) is 9.90 Å². The van der Waals surface area contributed by atoms with Crippen LogP contribution in [0.2, 0.25) is 0 Å². The molecule has 20 heavy (non-hydrogen) atoms. The zero-order valence-electron chi connectivity index (χ0n) is 11.4. The first-order valence-electron chi connectivity index (χ1n) is 6.77. The fraction of sp³-hybridized carbons (Fsp3) is 0.389. The van der Waals surface area contributed by atoms with Gasteiger partial charge in [-0.05, 0) is 17.9 Å². The van der Waals surface area contributed by atoms with Crippen LogP contribution in [-0.4, -0.2) is 17.0 Å². The Bertz CT molecular complexity index is 543. The molecule has 1 aliphatic carbocycles. The van der Waals surface area contributed by atoms with Crippen LogP contribution in [-0.2, 0) is 4.79 Å². The molecule has 0 saturated heterocycles. The molecule has 1 N–H and O–H groups in total. The third-order valence-electron chi connectivity index (χ3n) is 4.24. The number of aliphatic hydroxyl groups is 1. The highest BCUT2D eigenvalue weighted by Gasteiger charge is 2.48. The molecule has 1 aliphatic rings. The Morgan fingerprint density at radius 3 is 2.30 bits per heavy atom. The van der Waals surface area contributed by atoms with Crippen molar-refractivity contribution in [2.75, 3.05) is 0 Å². The second-order valence-electron chi connectivity index (χ2n) is 5.40. The maximum Gasteiger partial charge on any atom is 0.144 e. The summed E-state index contributed by atoms with van der Waals surface area (Å²) in [4.78, 5) is 12.5. The summed E-state index contributed by atoms with van der Waals surface area (Å²) in [6.45, 7) is 0. The summed E-state index contributed by atoms with van der Waals surface area (Å²) < 4.78 is 0. The summed E-state index contributed by atoms with van der Waals surface area (Å²) in [6, 6.07) is 9.79. The minimum Gasteiger partial charge on any atom is -0.392 e. The monoisotopic (exact) mass is 266 g/mol. The van der Waals surface area contributed by atoms with Gasteiger partial charge in [0.2, 0.25) is 0 Å². The highest BCUT2D eigenvalue weighted by molar-refractivity contribution is 5.88. The summed E-state index contributed by atoms with van der Waals surface area (Å²) in [5.41, 5.74) is 0.129. The molecule has 1 fully saturated rings. The Morgan fingerprint density at radius 1 is 1.20 bits per heavy atom. The summed E-state index contributed by atoms with van der Waals surface area (Å²) in [5, 5.41) is 10.5. The molecule has 102 valence electrons. The van der Waals surface area contributed by atoms with Gasteiger partial charge in [-0.2, -0.15) is 0 Å². The fourth-order valence-corrected chi connectivity index (χ4v) is 3.03. The standard InChI is InChI=1S/C18H18O2/c1-3-10-18(11-4-2)16(19)12-15(13-17(18)20)14-8-6-5-7-9-14/h1-2,5-9,15-16,19H,10-13H2. The molecule has 0 aliphatic heterocycles. The van der Waals surface area contributed by atoms with Gasteiger partial charge in [-0.3, -0.25) is 4.79 Å². The second kappa shape index (κ2) is 5.95. The van der Waals surface area contributed by atoms with Crippen molar-refractivity contribution in [2.45, 2.75) is 37.7 Å². The number of carbonyl (C=O) groups is 1. The van der Waals surface area contributed by atoms with Gasteiger partial charge in [-0.15, -0.1) is 24.7 Å². The Kier molecular flexibility index (Phi) is 4.28. The first-order chi connectivity index (χ1) is 9.64. The molecule has 1 saturated carbocycles. The molecule has 2 unspecified atom stereocenters. The summed E-state index contributed by atoms with van der Waals surface area (Å²) in [6.07, 6.45) is 11.3. The number of ketones is 1. The molecule has 2 heteroatoms. The van der Waals surface area contributed by atoms with Crippen LogP contribution in [0.5, 0.6) is 0 Å². The third-order valence-corrected chi connectivity index (χ3v) is 4.24. The Hall–Kier alpha value is -2.03. The number of carbonyl (C=O) groups excluding carboxylic acids is 1. The molecule has 2 nitrogen and oxygen atoms in total. The van der Waals surface area contributed by atoms with Gasteiger partial charge >= 0.3 is 0 Å². The van der Waals surface area contributed by atoms with Crippen molar-refractivity contribution in [2.24, 2.45) is 5.41 Å². The highest BCUT2D eigenvalue weighted by Crippen LogP contribution is 2.44. The van der Waals surface area contributed by atoms with Crippen LogP contribution in [0.3, 0.4) is 0 Å². The number of Topliss-reactive ketones (excluding diaryl/α,β-unsaturated/α-hetero) is 1. The summed E-state index contributed by atoms with van der Waals surface area (Å²) in [5.74, 6) is 5.04. The van der Waals surface area contributed by atoms with Gasteiger partial charge in [0.1, 0.15) is 5.78 Å². The molecule has 2 rings (SSSR count). The highest BCUT2D eigenvalue weighted by atomic mass is 16.3. The van der Waals surface area contributed by atoms with E-state index in [2.05, 4.69) is 11.8 Å². The first-order valence-corrected chi connectivity index (χ1v) is 6.77. The van der Waals surface area contributed by atoms with Gasteiger partial charge in [0, 0.05) is 19.3 Å². The Labute approximate surface area is 120 Å². The lowest BCUT2D eigenvalue weighted by molar-refractivity contribution is -0.140. The van der Waals surface area contributed by atoms with Gasteiger partial charge in [-0.1, -0.05) is 30.3 Å². The van der Waals surface area contributed by atoms with E-state index in [1.54, 1.807) is 0 Å². The van der Waals surface area contributed by atoms with Gasteiger partial charge in [-0.25, -0.2) is 0 Å². The summed E-state index contributed by atoms with van der Waals surface area (Å²) >= 11 is 0. The molecule has 0 amide bonds. The van der Waals surface area contributed by atoms with Crippen LogP contribution < -0.4 is 0 Å². The predicted molar refractivity (Wildman–Crippen MR) is 78.8 cm³/mol. The van der Waals surface area contributed by atoms with E-state index in [0.29, 0.717) is 12.8 Å². The van der Waals surface area contributed by atoms with Crippen LogP contribution in [0.25, 0.3) is 0 Å². The van der Waals surface area contributed by atoms with Crippen LogP contribution in [0.4, 0.5) is 0 Å². The number of hydrogen-bond acceptors (Lipinski definition) is 2. The molecule has 0 spiro atoms. The first kappa shape index (κ1) is 14.4. The largest absolute Gasteiger partial charge is 0.392 e. The van der Waals surface area contributed by atoms with Crippen LogP contribution >= 0.6 is 0 Å². The van der Waals surface area contributed by atoms with Gasteiger partial charge in [0.15, 0.2) is 0 Å². The van der Waals surface area contributed by atoms with E-state index in [0.717, 1.165) is 5.56 Å². The SMILES string of the molecule is C#CCC1(CC#C)C(=O)CC(c2ccccc2)CC1O. The van der Waals surface area contributed by atoms with E-state index < -0.39 is 11.5 Å². The summed E-state index contributed by atoms with van der Waals surface area (Å²) in [7, 11) is 0. The average molecular weight is 266 g/mol. The van der Waals surface area contributed by atoms with E-state index >= 15 is 0 Å². The average Bonchev–Trinajstić information content (AvgIpc) is 2.45. The predicted octanol–water partition coefficient (Wildman–Crippen LogP) is 2.53. The van der Waals surface area contributed by atoms with Gasteiger partial charge in [0.05, 0.1) is 11.5 Å². The van der Waals surface area contributed by atoms with Crippen molar-refractivity contribution in [3.8, 4) is 24.7 Å². The van der Waals surface area contributed by atoms with Crippen molar-refractivity contribution in [1.82, 2.24) is 0 Å². The van der Waals surface area contributed by atoms with Crippen LogP contribution in [0.1, 0.15) is 37.2 Å². The number of hydrogen-bond donors (Lipinski definition) is 1. The van der Waals surface area contributed by atoms with Crippen molar-refractivity contribution in [1.29, 1.82) is 0 Å². The lowest BCUT2D eigenvalue weighted by Crippen LogP contribution is -2.47. The molecular weight excluding hydrogens is 248 g/mol. The third kappa shape index (κ3) is 2.48. The minimum atomic E-state index is -0.950. The number of benzene rings is 1. The van der Waals surface area contributed by atoms with Crippen molar-refractivity contribution in [3.05, 3.63) is 35.9 Å². The zero-order valence-corrected chi connectivity index (χ0v) is 11.4. The zero-order chi connectivity index (χ0) is 14.6. The van der Waals surface area contributed by atoms with E-state index in [4.69, 9.17) is 12.8 Å². The molecule has 0 aromatic heterocycles. The van der Waals surface area contributed by atoms with Gasteiger partial charge < -0.3 is 5.11 Å². The number of aliphatic hydroxyl groups excluding tert-OH is 1. The fourth-order valence-electron chi connectivity index (χ4n) is 3.03. The number of rotatable bonds is 3. The Balaban J connectivity index is 2.26. The lowest BCUT2D eigenvalue weighted by atomic mass is 9.63. The van der Waals surface area contributed by atoms with Gasteiger partial charge in [0.25, 0.3) is 0 Å². The molecule has 1 aromatic rings. The van der Waals surface area contributed by atoms with E-state index in [1.807, 2.05) is 30.3 Å². The maximum absolute atomic E-state index is 12.5. The quantitative estimate of drug-likeness (QED) is 0.854. The van der Waals surface area contributed by atoms with E-state index in [1.165, 1.54) is 0 Å². The normalized spacial score (nSPS) is 24.6. The van der Waals surface area contributed by atoms with Crippen molar-refractivity contribution < 1.29 is 9.90 Å². The van der Waals surface area contributed by atoms with Crippen molar-refractivity contribution in [3.63, 3.8) is 0 Å². The second-order valence-corrected chi connectivity index (χ2v) is 5.40. The smallest absolute Gasteiger partial charge is 0.144 e. The molecular formula is C18H18O2. The minimum absolute atomic E-state index is 0.0130. The van der Waals surface area contributed by atoms with E-state index in [-0.39, 0.29) is 24.5 Å². The molecule has 0 heterocycles. The Morgan fingerprint density at radius 2 is 1.80 bits per heavy atom.